The standard InChI is InChI=1S/C74H95ClN14O13/c1-9-11-24-57-68(96)82-59(38-50-41-77-56-26-16-14-23-54(50)56)70(98)83-60(35-47-27-29-52(90)30-28-47)72(100)84(5)43-65(93)86(7)46(4)71(99)87(8)62(36-48-20-19-21-51(75)34-48)74(102)85(6)44-66(94)89(31-10-2)42-64(92)79-61(73(101)88-32-17-12-18-33-88)39-63(91)78-45(3)67(95)81-58(69(97)80-57)37-49-40-76-55-25-15-13-22-53(49)55/h13-16,19-23,25-30,34,40-41,45-46,57-62,76-77,90H,9-12,17-18,24,31-33,35-39,42-44H2,1-8H3,(H,78,91)(H,79,92)(H,80,97)(H,81,95)(H,82,96)(H,83,98)/t45-,46+,57-,58-,59-,60+,61-,62-/m0/s1. The molecule has 4 heterocycles. The van der Waals surface area contributed by atoms with Crippen LogP contribution in [0.25, 0.3) is 21.8 Å². The number of nitrogens with zero attached hydrogens (tertiary/aromatic N) is 6. The Labute approximate surface area is 598 Å². The van der Waals surface area contributed by atoms with E-state index in [-0.39, 0.29) is 44.4 Å². The number of halogens is 1. The van der Waals surface area contributed by atoms with Crippen LogP contribution >= 0.6 is 11.6 Å². The van der Waals surface area contributed by atoms with Gasteiger partial charge in [0.05, 0.1) is 26.1 Å². The van der Waals surface area contributed by atoms with Crippen molar-refractivity contribution < 1.29 is 62.6 Å². The number of aromatic amines is 2. The average molecular weight is 1420 g/mol. The normalized spacial score (nSPS) is 22.6. The van der Waals surface area contributed by atoms with E-state index in [9.17, 15) is 48.3 Å². The highest BCUT2D eigenvalue weighted by Gasteiger charge is 2.39. The molecule has 0 unspecified atom stereocenters. The molecule has 8 rings (SSSR count). The molecule has 0 bridgehead atoms. The lowest BCUT2D eigenvalue weighted by molar-refractivity contribution is -0.151. The van der Waals surface area contributed by atoms with Gasteiger partial charge < -0.3 is 76.4 Å². The molecule has 2 saturated heterocycles. The number of fused-ring (bicyclic) bond motifs is 2. The highest BCUT2D eigenvalue weighted by molar-refractivity contribution is 6.30. The van der Waals surface area contributed by atoms with Crippen LogP contribution in [0.5, 0.6) is 5.75 Å². The van der Waals surface area contributed by atoms with Crippen molar-refractivity contribution in [2.75, 3.05) is 67.5 Å². The lowest BCUT2D eigenvalue weighted by atomic mass is 10.0. The van der Waals surface area contributed by atoms with E-state index >= 15 is 14.4 Å². The molecule has 2 aliphatic heterocycles. The van der Waals surface area contributed by atoms with Crippen LogP contribution in [0.3, 0.4) is 0 Å². The van der Waals surface area contributed by atoms with E-state index in [4.69, 9.17) is 11.6 Å². The maximum Gasteiger partial charge on any atom is 0.245 e. The minimum atomic E-state index is -1.47. The van der Waals surface area contributed by atoms with Gasteiger partial charge in [0.25, 0.3) is 0 Å². The Balaban J connectivity index is 1.17. The van der Waals surface area contributed by atoms with E-state index in [0.717, 1.165) is 47.8 Å². The van der Waals surface area contributed by atoms with Crippen LogP contribution in [0.1, 0.15) is 101 Å². The minimum absolute atomic E-state index is 0.0295. The predicted molar refractivity (Wildman–Crippen MR) is 384 cm³/mol. The molecule has 0 radical (unpaired) electrons. The van der Waals surface area contributed by atoms with Crippen LogP contribution in [0, 0.1) is 0 Å². The first-order valence-electron chi connectivity index (χ1n) is 34.7. The minimum Gasteiger partial charge on any atom is -0.508 e. The SMILES string of the molecule is CCCC[C@@H]1NC(=O)[C@H](Cc2c[nH]c3ccccc23)NC(=O)[C@H](C)NC(=O)C[C@@H](C(=O)N2CCCCC2)NC(=O)CN(CCC)C(=O)CN(C)C(=O)[C@H](Cc2cccc(Cl)c2)N(C)C(=O)[C@@H](C)N(C)C(=O)CN(C)C(=O)[C@@H](Cc2ccc(O)cc2)NC(=O)[C@H](Cc2c[nH]c3ccccc23)NC1=O. The number of para-hydroxylation sites is 2. The fourth-order valence-electron chi connectivity index (χ4n) is 12.8. The molecule has 102 heavy (non-hydrogen) atoms. The summed E-state index contributed by atoms with van der Waals surface area (Å²) in [6.45, 7) is 5.42. The van der Waals surface area contributed by atoms with Gasteiger partial charge in [-0.1, -0.05) is 99.0 Å². The highest BCUT2D eigenvalue weighted by atomic mass is 35.5. The quantitative estimate of drug-likeness (QED) is 0.0753. The summed E-state index contributed by atoms with van der Waals surface area (Å²) in [5, 5.41) is 28.8. The van der Waals surface area contributed by atoms with Gasteiger partial charge in [0.1, 0.15) is 54.1 Å². The Morgan fingerprint density at radius 2 is 1.09 bits per heavy atom. The summed E-state index contributed by atoms with van der Waals surface area (Å²) in [5.41, 5.74) is 3.72. The summed E-state index contributed by atoms with van der Waals surface area (Å²) >= 11 is 6.42. The van der Waals surface area contributed by atoms with Gasteiger partial charge in [0.2, 0.25) is 70.9 Å². The average Bonchev–Trinajstić information content (AvgIpc) is 1.37. The first kappa shape index (κ1) is 77.4. The second-order valence-electron chi connectivity index (χ2n) is 26.6. The number of aromatic nitrogens is 2. The van der Waals surface area contributed by atoms with Crippen molar-refractivity contribution in [1.29, 1.82) is 0 Å². The van der Waals surface area contributed by atoms with Gasteiger partial charge in [-0.25, -0.2) is 0 Å². The number of aromatic hydroxyl groups is 1. The summed E-state index contributed by atoms with van der Waals surface area (Å²) in [7, 11) is 5.44. The number of hydrogen-bond acceptors (Lipinski definition) is 13. The van der Waals surface area contributed by atoms with Crippen molar-refractivity contribution in [3.63, 3.8) is 0 Å². The number of phenolic OH excluding ortho intramolecular Hbond substituents is 1. The Bertz CT molecular complexity index is 4000. The first-order valence-corrected chi connectivity index (χ1v) is 35.1. The van der Waals surface area contributed by atoms with Crippen LogP contribution in [0.2, 0.25) is 5.02 Å². The number of likely N-dealkylation sites (tertiary alicyclic amines) is 1. The predicted octanol–water partition coefficient (Wildman–Crippen LogP) is 3.64. The molecule has 6 aromatic rings. The Hall–Kier alpha value is -10.3. The number of carbonyl (C=O) groups excluding carboxylic acids is 12. The van der Waals surface area contributed by atoms with Crippen LogP contribution in [0.15, 0.2) is 109 Å². The molecule has 546 valence electrons. The molecule has 2 aromatic heterocycles. The van der Waals surface area contributed by atoms with E-state index in [0.29, 0.717) is 72.5 Å². The Kier molecular flexibility index (Phi) is 27.6. The van der Waals surface area contributed by atoms with Crippen molar-refractivity contribution in [3.05, 3.63) is 137 Å². The molecule has 2 fully saturated rings. The molecule has 0 aliphatic carbocycles. The third-order valence-corrected chi connectivity index (χ3v) is 19.1. The van der Waals surface area contributed by atoms with E-state index in [1.165, 1.54) is 59.1 Å². The molecule has 0 spiro atoms. The number of rotatable bonds is 14. The van der Waals surface area contributed by atoms with Crippen molar-refractivity contribution in [2.45, 2.75) is 153 Å². The van der Waals surface area contributed by atoms with E-state index in [2.05, 4.69) is 41.9 Å². The second-order valence-corrected chi connectivity index (χ2v) is 27.0. The van der Waals surface area contributed by atoms with Crippen LogP contribution in [-0.4, -0.2) is 231 Å². The van der Waals surface area contributed by atoms with Gasteiger partial charge >= 0.3 is 0 Å². The molecule has 0 saturated carbocycles. The van der Waals surface area contributed by atoms with Gasteiger partial charge in [-0.3, -0.25) is 57.5 Å². The van der Waals surface area contributed by atoms with Crippen molar-refractivity contribution >= 4 is 104 Å². The van der Waals surface area contributed by atoms with Gasteiger partial charge in [0, 0.05) is 113 Å². The first-order chi connectivity index (χ1) is 48.7. The van der Waals surface area contributed by atoms with Crippen LogP contribution < -0.4 is 31.9 Å². The summed E-state index contributed by atoms with van der Waals surface area (Å²) in [5.74, 6) is -9.05. The zero-order valence-electron chi connectivity index (χ0n) is 59.1. The molecule has 8 atom stereocenters. The number of nitrogens with one attached hydrogen (secondary N) is 8. The third-order valence-electron chi connectivity index (χ3n) is 18.8. The molecule has 27 nitrogen and oxygen atoms in total. The molecule has 2 aliphatic rings. The number of phenols is 1. The lowest BCUT2D eigenvalue weighted by Crippen LogP contribution is -2.60. The van der Waals surface area contributed by atoms with Gasteiger partial charge in [-0.05, 0) is 105 Å². The molecule has 4 aromatic carbocycles. The van der Waals surface area contributed by atoms with E-state index < -0.39 is 145 Å². The van der Waals surface area contributed by atoms with Crippen molar-refractivity contribution in [1.82, 2.24) is 71.3 Å². The van der Waals surface area contributed by atoms with E-state index in [1.54, 1.807) is 60.6 Å². The lowest BCUT2D eigenvalue weighted by Gasteiger charge is -2.35. The zero-order valence-corrected chi connectivity index (χ0v) is 59.9. The topological polar surface area (TPSA) is 348 Å². The van der Waals surface area contributed by atoms with Gasteiger partial charge in [-0.2, -0.15) is 0 Å². The summed E-state index contributed by atoms with van der Waals surface area (Å²) in [6, 6.07) is 16.1. The maximum absolute atomic E-state index is 15.3. The number of carbonyl (C=O) groups is 12. The van der Waals surface area contributed by atoms with E-state index in [1.807, 2.05) is 55.5 Å². The molecular formula is C74H95ClN14O13. The molecular weight excluding hydrogens is 1330 g/mol. The molecule has 9 N–H and O–H groups in total. The fourth-order valence-corrected chi connectivity index (χ4v) is 13.0. The Morgan fingerprint density at radius 1 is 0.529 bits per heavy atom. The monoisotopic (exact) mass is 1420 g/mol. The zero-order chi connectivity index (χ0) is 73.9. The number of likely N-dealkylation sites (N-methyl/N-ethyl adjacent to an activating group) is 4. The van der Waals surface area contributed by atoms with Crippen molar-refractivity contribution in [3.8, 4) is 5.75 Å². The summed E-state index contributed by atoms with van der Waals surface area (Å²) < 4.78 is 0. The maximum atomic E-state index is 15.3. The Morgan fingerprint density at radius 3 is 1.69 bits per heavy atom. The summed E-state index contributed by atoms with van der Waals surface area (Å²) in [6.07, 6.45) is 5.80. The smallest absolute Gasteiger partial charge is 0.245 e. The second kappa shape index (κ2) is 36.3. The van der Waals surface area contributed by atoms with Crippen LogP contribution in [0.4, 0.5) is 0 Å². The highest BCUT2D eigenvalue weighted by Crippen LogP contribution is 2.24. The number of benzene rings is 4. The largest absolute Gasteiger partial charge is 0.508 e. The number of H-pyrrole nitrogens is 2. The fraction of sp³-hybridized carbons (Fsp3) is 0.459. The molecule has 12 amide bonds. The van der Waals surface area contributed by atoms with Gasteiger partial charge in [0.15, 0.2) is 0 Å². The number of amides is 12. The third kappa shape index (κ3) is 20.7. The molecule has 28 heteroatoms. The number of hydrogen-bond donors (Lipinski definition) is 9. The number of piperidine rings is 1. The van der Waals surface area contributed by atoms with Crippen LogP contribution in [-0.2, 0) is 83.2 Å². The van der Waals surface area contributed by atoms with Crippen molar-refractivity contribution in [2.24, 2.45) is 0 Å². The van der Waals surface area contributed by atoms with Gasteiger partial charge in [-0.15, -0.1) is 0 Å². The number of unbranched alkanes of at least 4 members (excludes halogenated alkanes) is 1. The summed E-state index contributed by atoms with van der Waals surface area (Å²) in [4.78, 5) is 190.